The van der Waals surface area contributed by atoms with E-state index in [0.29, 0.717) is 23.6 Å². The highest BCUT2D eigenvalue weighted by Gasteiger charge is 2.38. The topological polar surface area (TPSA) is 75.2 Å². The first-order valence-electron chi connectivity index (χ1n) is 11.1. The summed E-state index contributed by atoms with van der Waals surface area (Å²) >= 11 is 1.13. The molecule has 198 valence electrons. The molecule has 0 atom stereocenters. The van der Waals surface area contributed by atoms with Crippen LogP contribution in [0.25, 0.3) is 10.6 Å². The lowest BCUT2D eigenvalue weighted by atomic mass is 10.0. The third kappa shape index (κ3) is 7.51. The lowest BCUT2D eigenvalue weighted by Gasteiger charge is -2.23. The quantitative estimate of drug-likeness (QED) is 0.332. The van der Waals surface area contributed by atoms with Gasteiger partial charge in [-0.25, -0.2) is 0 Å². The molecule has 6 nitrogen and oxygen atoms in total. The van der Waals surface area contributed by atoms with Crippen LogP contribution in [0.1, 0.15) is 46.8 Å². The number of carbonyl (C=O) groups excluding carboxylic acids is 2. The number of aryl methyl sites for hydroxylation is 1. The summed E-state index contributed by atoms with van der Waals surface area (Å²) in [5.41, 5.74) is -2.09. The van der Waals surface area contributed by atoms with Gasteiger partial charge in [0, 0.05) is 30.6 Å². The molecule has 0 spiro atoms. The maximum Gasteiger partial charge on any atom is 0.416 e. The first kappa shape index (κ1) is 28.1. The van der Waals surface area contributed by atoms with E-state index in [-0.39, 0.29) is 30.7 Å². The summed E-state index contributed by atoms with van der Waals surface area (Å²) in [6, 6.07) is 8.24. The summed E-state index contributed by atoms with van der Waals surface area (Å²) in [6.07, 6.45) is -10.0. The lowest BCUT2D eigenvalue weighted by Crippen LogP contribution is -2.35. The third-order valence-corrected chi connectivity index (χ3v) is 6.05. The van der Waals surface area contributed by atoms with Crippen molar-refractivity contribution in [2.75, 3.05) is 18.4 Å². The Labute approximate surface area is 212 Å². The SMILES string of the molecule is CCCN(CCC(=O)Nc1nnc(-c2cccc(C)c2)s1)C(=O)c1cc(C(F)(F)F)cc(C(F)(F)F)c1. The Balaban J connectivity index is 1.72. The van der Waals surface area contributed by atoms with Gasteiger partial charge in [-0.2, -0.15) is 26.3 Å². The van der Waals surface area contributed by atoms with Gasteiger partial charge >= 0.3 is 12.4 Å². The van der Waals surface area contributed by atoms with Gasteiger partial charge in [-0.1, -0.05) is 42.0 Å². The van der Waals surface area contributed by atoms with Gasteiger partial charge in [0.2, 0.25) is 11.0 Å². The molecule has 0 bridgehead atoms. The van der Waals surface area contributed by atoms with Crippen molar-refractivity contribution in [3.8, 4) is 10.6 Å². The van der Waals surface area contributed by atoms with Crippen LogP contribution in [0.5, 0.6) is 0 Å². The average molecular weight is 545 g/mol. The van der Waals surface area contributed by atoms with E-state index in [1.807, 2.05) is 31.2 Å². The largest absolute Gasteiger partial charge is 0.416 e. The molecular weight excluding hydrogens is 522 g/mol. The van der Waals surface area contributed by atoms with Gasteiger partial charge in [0.15, 0.2) is 0 Å². The minimum Gasteiger partial charge on any atom is -0.338 e. The fraction of sp³-hybridized carbons (Fsp3) is 0.333. The molecule has 2 amide bonds. The van der Waals surface area contributed by atoms with Crippen LogP contribution >= 0.6 is 11.3 Å². The van der Waals surface area contributed by atoms with Gasteiger partial charge in [0.1, 0.15) is 5.01 Å². The lowest BCUT2D eigenvalue weighted by molar-refractivity contribution is -0.143. The van der Waals surface area contributed by atoms with Crippen molar-refractivity contribution in [1.29, 1.82) is 0 Å². The molecule has 3 aromatic rings. The maximum absolute atomic E-state index is 13.2. The van der Waals surface area contributed by atoms with Crippen LogP contribution in [-0.2, 0) is 17.1 Å². The van der Waals surface area contributed by atoms with Crippen molar-refractivity contribution in [2.45, 2.75) is 39.0 Å². The van der Waals surface area contributed by atoms with Crippen molar-refractivity contribution in [3.05, 3.63) is 64.7 Å². The van der Waals surface area contributed by atoms with E-state index in [1.165, 1.54) is 0 Å². The Bertz CT molecular complexity index is 1240. The fourth-order valence-electron chi connectivity index (χ4n) is 3.43. The van der Waals surface area contributed by atoms with E-state index in [2.05, 4.69) is 15.5 Å². The van der Waals surface area contributed by atoms with E-state index >= 15 is 0 Å². The third-order valence-electron chi connectivity index (χ3n) is 5.16. The highest BCUT2D eigenvalue weighted by atomic mass is 32.1. The second kappa shape index (κ2) is 11.3. The number of rotatable bonds is 8. The minimum atomic E-state index is -5.08. The molecule has 2 aromatic carbocycles. The van der Waals surface area contributed by atoms with Crippen LogP contribution in [0, 0.1) is 6.92 Å². The fourth-order valence-corrected chi connectivity index (χ4v) is 4.19. The zero-order valence-electron chi connectivity index (χ0n) is 19.7. The molecule has 37 heavy (non-hydrogen) atoms. The van der Waals surface area contributed by atoms with Gasteiger partial charge < -0.3 is 10.2 Å². The summed E-state index contributed by atoms with van der Waals surface area (Å²) in [5, 5.41) is 11.3. The number of hydrogen-bond donors (Lipinski definition) is 1. The molecule has 0 saturated carbocycles. The molecule has 1 heterocycles. The smallest absolute Gasteiger partial charge is 0.338 e. The van der Waals surface area contributed by atoms with Crippen LogP contribution in [-0.4, -0.2) is 40.0 Å². The zero-order chi connectivity index (χ0) is 27.4. The van der Waals surface area contributed by atoms with Crippen molar-refractivity contribution < 1.29 is 35.9 Å². The first-order valence-corrected chi connectivity index (χ1v) is 11.9. The second-order valence-corrected chi connectivity index (χ2v) is 9.14. The zero-order valence-corrected chi connectivity index (χ0v) is 20.5. The van der Waals surface area contributed by atoms with Crippen molar-refractivity contribution in [1.82, 2.24) is 15.1 Å². The summed E-state index contributed by atoms with van der Waals surface area (Å²) in [4.78, 5) is 26.4. The molecule has 0 aliphatic carbocycles. The van der Waals surface area contributed by atoms with Gasteiger partial charge in [0.05, 0.1) is 11.1 Å². The summed E-state index contributed by atoms with van der Waals surface area (Å²) in [7, 11) is 0. The Morgan fingerprint density at radius 1 is 0.946 bits per heavy atom. The Hall–Kier alpha value is -3.48. The van der Waals surface area contributed by atoms with Crippen LogP contribution in [0.15, 0.2) is 42.5 Å². The van der Waals surface area contributed by atoms with E-state index in [4.69, 9.17) is 0 Å². The number of benzene rings is 2. The normalized spacial score (nSPS) is 11.9. The Morgan fingerprint density at radius 2 is 1.59 bits per heavy atom. The van der Waals surface area contributed by atoms with Crippen LogP contribution < -0.4 is 5.32 Å². The first-order chi connectivity index (χ1) is 17.3. The number of anilines is 1. The minimum absolute atomic E-state index is 0.0278. The van der Waals surface area contributed by atoms with Crippen LogP contribution in [0.2, 0.25) is 0 Å². The summed E-state index contributed by atoms with van der Waals surface area (Å²) in [6.45, 7) is 3.40. The number of aromatic nitrogens is 2. The monoisotopic (exact) mass is 544 g/mol. The van der Waals surface area contributed by atoms with Gasteiger partial charge in [-0.15, -0.1) is 10.2 Å². The number of hydrogen-bond acceptors (Lipinski definition) is 5. The molecule has 1 aromatic heterocycles. The summed E-state index contributed by atoms with van der Waals surface area (Å²) in [5.74, 6) is -1.58. The summed E-state index contributed by atoms with van der Waals surface area (Å²) < 4.78 is 79.1. The molecule has 3 rings (SSSR count). The maximum atomic E-state index is 13.2. The predicted octanol–water partition coefficient (Wildman–Crippen LogP) is 6.43. The number of nitrogens with one attached hydrogen (secondary N) is 1. The van der Waals surface area contributed by atoms with Crippen molar-refractivity contribution >= 4 is 28.3 Å². The molecule has 0 fully saturated rings. The van der Waals surface area contributed by atoms with E-state index in [9.17, 15) is 35.9 Å². The molecule has 1 N–H and O–H groups in total. The second-order valence-electron chi connectivity index (χ2n) is 8.17. The van der Waals surface area contributed by atoms with E-state index in [1.54, 1.807) is 6.92 Å². The highest BCUT2D eigenvalue weighted by molar-refractivity contribution is 7.18. The number of halogens is 6. The Kier molecular flexibility index (Phi) is 8.57. The van der Waals surface area contributed by atoms with Crippen molar-refractivity contribution in [3.63, 3.8) is 0 Å². The molecular formula is C24H22F6N4O2S. The molecule has 0 unspecified atom stereocenters. The number of nitrogens with zero attached hydrogens (tertiary/aromatic N) is 3. The van der Waals surface area contributed by atoms with Crippen LogP contribution in [0.3, 0.4) is 0 Å². The number of amides is 2. The molecule has 0 aliphatic rings. The van der Waals surface area contributed by atoms with Gasteiger partial charge in [-0.3, -0.25) is 9.59 Å². The van der Waals surface area contributed by atoms with Crippen LogP contribution in [0.4, 0.5) is 31.5 Å². The molecule has 0 radical (unpaired) electrons. The standard InChI is InChI=1S/C24H22F6N4O2S/c1-3-8-34(21(36)16-11-17(23(25,26)27)13-18(12-16)24(28,29)30)9-7-19(35)31-22-33-32-20(37-22)15-6-4-5-14(2)10-15/h4-6,10-13H,3,7-9H2,1-2H3,(H,31,33,35). The van der Waals surface area contributed by atoms with E-state index < -0.39 is 40.9 Å². The average Bonchev–Trinajstić information content (AvgIpc) is 3.28. The van der Waals surface area contributed by atoms with Gasteiger partial charge in [-0.05, 0) is 37.6 Å². The molecule has 0 saturated heterocycles. The van der Waals surface area contributed by atoms with E-state index in [0.717, 1.165) is 27.4 Å². The number of carbonyl (C=O) groups is 2. The number of alkyl halides is 6. The molecule has 0 aliphatic heterocycles. The Morgan fingerprint density at radius 3 is 2.16 bits per heavy atom. The van der Waals surface area contributed by atoms with Gasteiger partial charge in [0.25, 0.3) is 5.91 Å². The predicted molar refractivity (Wildman–Crippen MR) is 126 cm³/mol. The van der Waals surface area contributed by atoms with Crippen molar-refractivity contribution in [2.24, 2.45) is 0 Å². The molecule has 13 heteroatoms. The highest BCUT2D eigenvalue weighted by Crippen LogP contribution is 2.36.